The van der Waals surface area contributed by atoms with Crippen LogP contribution in [-0.2, 0) is 13.0 Å². The van der Waals surface area contributed by atoms with E-state index in [9.17, 15) is 14.7 Å². The molecular weight excluding hydrogens is 499 g/mol. The number of benzene rings is 2. The van der Waals surface area contributed by atoms with Gasteiger partial charge in [0.15, 0.2) is 0 Å². The monoisotopic (exact) mass is 520 g/mol. The Morgan fingerprint density at radius 1 is 1.24 bits per heavy atom. The topological polar surface area (TPSA) is 140 Å². The van der Waals surface area contributed by atoms with E-state index in [1.54, 1.807) is 16.8 Å². The van der Waals surface area contributed by atoms with Crippen LogP contribution in [0.4, 0.5) is 21.8 Å². The van der Waals surface area contributed by atoms with Crippen molar-refractivity contribution < 1.29 is 14.3 Å². The lowest BCUT2D eigenvalue weighted by Gasteiger charge is -2.20. The van der Waals surface area contributed by atoms with E-state index in [1.165, 1.54) is 6.20 Å². The summed E-state index contributed by atoms with van der Waals surface area (Å²) in [6, 6.07) is 6.73. The second kappa shape index (κ2) is 8.45. The summed E-state index contributed by atoms with van der Waals surface area (Å²) in [5.41, 5.74) is 14.3. The summed E-state index contributed by atoms with van der Waals surface area (Å²) in [5.74, 6) is -1.58. The molecule has 9 nitrogen and oxygen atoms in total. The van der Waals surface area contributed by atoms with Crippen molar-refractivity contribution in [3.05, 3.63) is 74.4 Å². The highest BCUT2D eigenvalue weighted by atomic mass is 35.5. The van der Waals surface area contributed by atoms with Crippen LogP contribution in [0.25, 0.3) is 22.0 Å². The molecule has 0 saturated heterocycles. The van der Waals surface area contributed by atoms with Crippen LogP contribution in [0.1, 0.15) is 40.4 Å². The zero-order chi connectivity index (χ0) is 26.0. The van der Waals surface area contributed by atoms with E-state index in [2.05, 4.69) is 14.9 Å². The van der Waals surface area contributed by atoms with Crippen molar-refractivity contribution >= 4 is 45.9 Å². The predicted octanol–water partition coefficient (Wildman–Crippen LogP) is 4.01. The van der Waals surface area contributed by atoms with E-state index in [1.807, 2.05) is 12.1 Å². The minimum absolute atomic E-state index is 0.0235. The lowest BCUT2D eigenvalue weighted by molar-refractivity contribution is 0.0695. The van der Waals surface area contributed by atoms with Crippen LogP contribution in [0.3, 0.4) is 0 Å². The number of carbonyl (C=O) groups is 1. The Hall–Kier alpha value is -4.18. The molecule has 5 N–H and O–H groups in total. The standard InChI is InChI=1S/C26H22ClFN6O3/c27-21-20(18(28)8-16-22(21)34(15-2-3-15)11-17(23(16)35)25(36)37)13-1-4-19-12(7-13)5-6-33(19)10-14-9-31-26(30)32-24(14)29/h1,4,7-9,11,15H,2-3,5-6,10H2,(H,36,37)(H4,29,30,31,32). The third-order valence-electron chi connectivity index (χ3n) is 7.02. The second-order valence-corrected chi connectivity index (χ2v) is 9.79. The Kier molecular flexibility index (Phi) is 5.30. The first-order chi connectivity index (χ1) is 17.7. The van der Waals surface area contributed by atoms with Gasteiger partial charge in [-0.2, -0.15) is 4.98 Å². The number of nitrogens with zero attached hydrogens (tertiary/aromatic N) is 4. The number of pyridine rings is 1. The van der Waals surface area contributed by atoms with Gasteiger partial charge in [0, 0.05) is 48.3 Å². The van der Waals surface area contributed by atoms with E-state index in [0.29, 0.717) is 23.4 Å². The number of aromatic nitrogens is 3. The van der Waals surface area contributed by atoms with Crippen LogP contribution in [0.15, 0.2) is 41.5 Å². The van der Waals surface area contributed by atoms with Gasteiger partial charge in [-0.1, -0.05) is 17.7 Å². The molecule has 1 fully saturated rings. The molecule has 3 heterocycles. The lowest BCUT2D eigenvalue weighted by Crippen LogP contribution is -2.21. The van der Waals surface area contributed by atoms with E-state index in [-0.39, 0.29) is 28.0 Å². The Bertz CT molecular complexity index is 1680. The molecule has 0 unspecified atom stereocenters. The molecule has 2 aromatic carbocycles. The molecule has 37 heavy (non-hydrogen) atoms. The van der Waals surface area contributed by atoms with Crippen molar-refractivity contribution in [1.29, 1.82) is 0 Å². The maximum atomic E-state index is 15.5. The fourth-order valence-electron chi connectivity index (χ4n) is 5.05. The summed E-state index contributed by atoms with van der Waals surface area (Å²) in [6.07, 6.45) is 5.34. The molecule has 0 atom stereocenters. The lowest BCUT2D eigenvalue weighted by atomic mass is 9.98. The van der Waals surface area contributed by atoms with Gasteiger partial charge in [0.25, 0.3) is 0 Å². The Labute approximate surface area is 215 Å². The average molecular weight is 521 g/mol. The van der Waals surface area contributed by atoms with Gasteiger partial charge >= 0.3 is 5.97 Å². The summed E-state index contributed by atoms with van der Waals surface area (Å²) in [7, 11) is 0. The minimum atomic E-state index is -1.35. The summed E-state index contributed by atoms with van der Waals surface area (Å²) in [6.45, 7) is 1.23. The zero-order valence-electron chi connectivity index (χ0n) is 19.5. The van der Waals surface area contributed by atoms with Crippen LogP contribution in [0.5, 0.6) is 0 Å². The quantitative estimate of drug-likeness (QED) is 0.358. The number of halogens is 2. The largest absolute Gasteiger partial charge is 0.477 e. The van der Waals surface area contributed by atoms with Crippen molar-refractivity contribution in [2.24, 2.45) is 0 Å². The maximum Gasteiger partial charge on any atom is 0.341 e. The van der Waals surface area contributed by atoms with Gasteiger partial charge < -0.3 is 26.0 Å². The molecule has 2 aliphatic rings. The molecule has 0 bridgehead atoms. The maximum absolute atomic E-state index is 15.5. The number of aromatic carboxylic acids is 1. The van der Waals surface area contributed by atoms with E-state index in [4.69, 9.17) is 23.1 Å². The van der Waals surface area contributed by atoms with Crippen molar-refractivity contribution in [3.8, 4) is 11.1 Å². The summed E-state index contributed by atoms with van der Waals surface area (Å²) in [5, 5.41) is 9.55. The SMILES string of the molecule is Nc1ncc(CN2CCc3cc(-c4c(F)cc5c(=O)c(C(=O)O)cn(C6CC6)c5c4Cl)ccc32)c(N)n1. The number of anilines is 3. The van der Waals surface area contributed by atoms with Crippen LogP contribution < -0.4 is 21.8 Å². The number of carboxylic acids is 1. The number of rotatable bonds is 5. The van der Waals surface area contributed by atoms with Crippen molar-refractivity contribution in [1.82, 2.24) is 14.5 Å². The predicted molar refractivity (Wildman–Crippen MR) is 139 cm³/mol. The normalized spacial score (nSPS) is 14.8. The van der Waals surface area contributed by atoms with Gasteiger partial charge in [0.1, 0.15) is 17.2 Å². The summed E-state index contributed by atoms with van der Waals surface area (Å²) < 4.78 is 17.2. The smallest absolute Gasteiger partial charge is 0.341 e. The molecule has 4 aromatic rings. The molecule has 0 amide bonds. The zero-order valence-corrected chi connectivity index (χ0v) is 20.3. The van der Waals surface area contributed by atoms with Crippen LogP contribution in [0.2, 0.25) is 5.02 Å². The number of nitrogens with two attached hydrogens (primary N) is 2. The highest BCUT2D eigenvalue weighted by Crippen LogP contribution is 2.43. The number of hydrogen-bond acceptors (Lipinski definition) is 7. The Morgan fingerprint density at radius 3 is 2.73 bits per heavy atom. The first-order valence-corrected chi connectivity index (χ1v) is 12.2. The van der Waals surface area contributed by atoms with Gasteiger partial charge in [0.05, 0.1) is 15.9 Å². The number of hydrogen-bond donors (Lipinski definition) is 3. The van der Waals surface area contributed by atoms with Crippen LogP contribution in [-0.4, -0.2) is 32.2 Å². The fourth-order valence-corrected chi connectivity index (χ4v) is 5.45. The first kappa shape index (κ1) is 23.2. The minimum Gasteiger partial charge on any atom is -0.477 e. The summed E-state index contributed by atoms with van der Waals surface area (Å²) in [4.78, 5) is 34.7. The second-order valence-electron chi connectivity index (χ2n) is 9.41. The molecule has 2 aromatic heterocycles. The van der Waals surface area contributed by atoms with Crippen LogP contribution >= 0.6 is 11.6 Å². The molecular formula is C26H22ClFN6O3. The number of carboxylic acid groups (broad SMARTS) is 1. The molecule has 0 spiro atoms. The van der Waals surface area contributed by atoms with Gasteiger partial charge in [-0.25, -0.2) is 14.2 Å². The fraction of sp³-hybridized carbons (Fsp3) is 0.231. The van der Waals surface area contributed by atoms with Crippen molar-refractivity contribution in [3.63, 3.8) is 0 Å². The highest BCUT2D eigenvalue weighted by molar-refractivity contribution is 6.38. The third kappa shape index (κ3) is 3.84. The van der Waals surface area contributed by atoms with Gasteiger partial charge in [-0.05, 0) is 48.6 Å². The molecule has 11 heteroatoms. The van der Waals surface area contributed by atoms with Gasteiger partial charge in [0.2, 0.25) is 11.4 Å². The molecule has 1 saturated carbocycles. The van der Waals surface area contributed by atoms with E-state index < -0.39 is 22.8 Å². The Morgan fingerprint density at radius 2 is 2.03 bits per heavy atom. The first-order valence-electron chi connectivity index (χ1n) is 11.8. The Balaban J connectivity index is 1.43. The molecule has 1 aliphatic heterocycles. The highest BCUT2D eigenvalue weighted by Gasteiger charge is 2.30. The van der Waals surface area contributed by atoms with E-state index >= 15 is 4.39 Å². The molecule has 188 valence electrons. The van der Waals surface area contributed by atoms with Crippen molar-refractivity contribution in [2.75, 3.05) is 22.9 Å². The van der Waals surface area contributed by atoms with Crippen LogP contribution in [0, 0.1) is 5.82 Å². The third-order valence-corrected chi connectivity index (χ3v) is 7.38. The average Bonchev–Trinajstić information content (AvgIpc) is 3.62. The van der Waals surface area contributed by atoms with Crippen molar-refractivity contribution in [2.45, 2.75) is 31.8 Å². The van der Waals surface area contributed by atoms with Gasteiger partial charge in [-0.3, -0.25) is 4.79 Å². The molecule has 6 rings (SSSR count). The van der Waals surface area contributed by atoms with Gasteiger partial charge in [-0.15, -0.1) is 0 Å². The van der Waals surface area contributed by atoms with E-state index in [0.717, 1.165) is 48.7 Å². The molecule has 1 aliphatic carbocycles. The molecule has 0 radical (unpaired) electrons. The number of nitrogen functional groups attached to an aromatic ring is 2. The number of fused-ring (bicyclic) bond motifs is 2. The summed E-state index contributed by atoms with van der Waals surface area (Å²) >= 11 is 6.78.